The van der Waals surface area contributed by atoms with Gasteiger partial charge in [0, 0.05) is 36.1 Å². The number of carbonyl (C=O) groups is 1. The van der Waals surface area contributed by atoms with Gasteiger partial charge in [-0.15, -0.1) is 0 Å². The molecule has 1 saturated heterocycles. The van der Waals surface area contributed by atoms with E-state index < -0.39 is 17.0 Å². The minimum atomic E-state index is -1.13. The number of nitrogens with one attached hydrogen (secondary N) is 2. The van der Waals surface area contributed by atoms with Crippen LogP contribution in [0.4, 0.5) is 14.5 Å². The van der Waals surface area contributed by atoms with Gasteiger partial charge in [-0.2, -0.15) is 5.10 Å². The molecule has 2 aromatic carbocycles. The number of aryl methyl sites for hydroxylation is 1. The second kappa shape index (κ2) is 7.71. The van der Waals surface area contributed by atoms with E-state index in [-0.39, 0.29) is 11.5 Å². The summed E-state index contributed by atoms with van der Waals surface area (Å²) < 4.78 is 33.4. The van der Waals surface area contributed by atoms with Crippen LogP contribution in [-0.4, -0.2) is 34.3 Å². The predicted octanol–water partition coefficient (Wildman–Crippen LogP) is 3.75. The number of amides is 1. The molecule has 29 heavy (non-hydrogen) atoms. The number of aromatic nitrogens is 3. The lowest BCUT2D eigenvalue weighted by molar-refractivity contribution is -0.125. The summed E-state index contributed by atoms with van der Waals surface area (Å²) in [4.78, 5) is 17.6. The molecule has 150 valence electrons. The van der Waals surface area contributed by atoms with Crippen molar-refractivity contribution < 1.29 is 18.3 Å². The summed E-state index contributed by atoms with van der Waals surface area (Å²) in [6.07, 6.45) is 0.613. The summed E-state index contributed by atoms with van der Waals surface area (Å²) in [5, 5.41) is 9.80. The molecular formula is C21H20F2N4O2. The van der Waals surface area contributed by atoms with Gasteiger partial charge < -0.3 is 10.1 Å². The van der Waals surface area contributed by atoms with Gasteiger partial charge in [0.15, 0.2) is 5.82 Å². The average Bonchev–Trinajstić information content (AvgIpc) is 3.15. The molecule has 1 amide bonds. The van der Waals surface area contributed by atoms with E-state index in [4.69, 9.17) is 4.74 Å². The van der Waals surface area contributed by atoms with Gasteiger partial charge in [-0.05, 0) is 38.0 Å². The average molecular weight is 398 g/mol. The number of halogens is 2. The smallest absolute Gasteiger partial charge is 0.235 e. The fraction of sp³-hybridized carbons (Fsp3) is 0.286. The van der Waals surface area contributed by atoms with Crippen LogP contribution >= 0.6 is 0 Å². The summed E-state index contributed by atoms with van der Waals surface area (Å²) in [6, 6.07) is 10.5. The molecule has 8 heteroatoms. The number of hydrogen-bond acceptors (Lipinski definition) is 4. The third-order valence-corrected chi connectivity index (χ3v) is 5.20. The number of benzene rings is 2. The number of carbonyl (C=O) groups excluding carboxylic acids is 1. The third-order valence-electron chi connectivity index (χ3n) is 5.20. The number of nitrogens with zero attached hydrogens (tertiary/aromatic N) is 2. The molecule has 0 radical (unpaired) electrons. The lowest BCUT2D eigenvalue weighted by atomic mass is 9.73. The molecule has 2 N–H and O–H groups in total. The topological polar surface area (TPSA) is 79.9 Å². The summed E-state index contributed by atoms with van der Waals surface area (Å²) in [7, 11) is 0. The van der Waals surface area contributed by atoms with Gasteiger partial charge in [0.05, 0.1) is 5.41 Å². The van der Waals surface area contributed by atoms with Crippen LogP contribution in [0.3, 0.4) is 0 Å². The minimum absolute atomic E-state index is 0.181. The Balaban J connectivity index is 1.66. The van der Waals surface area contributed by atoms with Crippen molar-refractivity contribution in [1.29, 1.82) is 0 Å². The minimum Gasteiger partial charge on any atom is -0.381 e. The molecule has 2 heterocycles. The molecule has 0 saturated carbocycles. The van der Waals surface area contributed by atoms with Crippen LogP contribution in [0.2, 0.25) is 0 Å². The maximum absolute atomic E-state index is 14.6. The van der Waals surface area contributed by atoms with Crippen molar-refractivity contribution >= 4 is 11.6 Å². The van der Waals surface area contributed by atoms with Gasteiger partial charge in [-0.25, -0.2) is 13.8 Å². The summed E-state index contributed by atoms with van der Waals surface area (Å²) in [5.41, 5.74) is 0.331. The first-order valence-electron chi connectivity index (χ1n) is 9.32. The van der Waals surface area contributed by atoms with E-state index in [1.165, 1.54) is 12.1 Å². The van der Waals surface area contributed by atoms with Gasteiger partial charge in [-0.3, -0.25) is 9.89 Å². The molecule has 0 atom stereocenters. The maximum atomic E-state index is 14.6. The highest BCUT2D eigenvalue weighted by molar-refractivity contribution is 5.99. The lowest BCUT2D eigenvalue weighted by Crippen LogP contribution is -2.45. The Kier molecular flexibility index (Phi) is 5.10. The first-order valence-corrected chi connectivity index (χ1v) is 9.32. The SMILES string of the molecule is Cc1nc(-c2cccc(NC(=O)C3(c4ccc(F)cc4F)CCOCC3)c2)n[nH]1. The molecule has 1 aromatic heterocycles. The van der Waals surface area contributed by atoms with Crippen molar-refractivity contribution in [2.75, 3.05) is 18.5 Å². The van der Waals surface area contributed by atoms with Crippen molar-refractivity contribution in [2.24, 2.45) is 0 Å². The largest absolute Gasteiger partial charge is 0.381 e. The number of ether oxygens (including phenoxy) is 1. The van der Waals surface area contributed by atoms with E-state index in [9.17, 15) is 13.6 Å². The van der Waals surface area contributed by atoms with Gasteiger partial charge in [-0.1, -0.05) is 18.2 Å². The molecule has 1 aliphatic rings. The molecule has 6 nitrogen and oxygen atoms in total. The van der Waals surface area contributed by atoms with Crippen molar-refractivity contribution in [3.8, 4) is 11.4 Å². The Hall–Kier alpha value is -3.13. The van der Waals surface area contributed by atoms with Crippen LogP contribution in [0.1, 0.15) is 24.2 Å². The Morgan fingerprint density at radius 1 is 1.17 bits per heavy atom. The highest BCUT2D eigenvalue weighted by atomic mass is 19.1. The monoisotopic (exact) mass is 398 g/mol. The van der Waals surface area contributed by atoms with Crippen molar-refractivity contribution in [1.82, 2.24) is 15.2 Å². The van der Waals surface area contributed by atoms with Crippen molar-refractivity contribution in [2.45, 2.75) is 25.2 Å². The van der Waals surface area contributed by atoms with Crippen LogP contribution in [0.25, 0.3) is 11.4 Å². The summed E-state index contributed by atoms with van der Waals surface area (Å²) in [5.74, 6) is -0.559. The number of H-pyrrole nitrogens is 1. The van der Waals surface area contributed by atoms with Crippen LogP contribution in [0.15, 0.2) is 42.5 Å². The molecule has 0 spiro atoms. The molecule has 0 aliphatic carbocycles. The molecule has 1 aliphatic heterocycles. The van der Waals surface area contributed by atoms with E-state index in [1.54, 1.807) is 25.1 Å². The molecular weight excluding hydrogens is 378 g/mol. The summed E-state index contributed by atoms with van der Waals surface area (Å²) in [6.45, 7) is 2.44. The lowest BCUT2D eigenvalue weighted by Gasteiger charge is -2.36. The predicted molar refractivity (Wildman–Crippen MR) is 103 cm³/mol. The van der Waals surface area contributed by atoms with Crippen LogP contribution < -0.4 is 5.32 Å². The zero-order chi connectivity index (χ0) is 20.4. The Bertz CT molecular complexity index is 1040. The highest BCUT2D eigenvalue weighted by Gasteiger charge is 2.43. The molecule has 0 unspecified atom stereocenters. The Labute approximate surface area is 166 Å². The highest BCUT2D eigenvalue weighted by Crippen LogP contribution is 2.38. The maximum Gasteiger partial charge on any atom is 0.235 e. The van der Waals surface area contributed by atoms with E-state index >= 15 is 0 Å². The Morgan fingerprint density at radius 3 is 2.66 bits per heavy atom. The first-order chi connectivity index (χ1) is 14.0. The van der Waals surface area contributed by atoms with E-state index in [2.05, 4.69) is 20.5 Å². The van der Waals surface area contributed by atoms with Crippen LogP contribution in [0.5, 0.6) is 0 Å². The Morgan fingerprint density at radius 2 is 1.97 bits per heavy atom. The fourth-order valence-electron chi connectivity index (χ4n) is 3.67. The zero-order valence-corrected chi connectivity index (χ0v) is 15.8. The molecule has 4 rings (SSSR count). The van der Waals surface area contributed by atoms with E-state index in [1.807, 2.05) is 6.07 Å². The van der Waals surface area contributed by atoms with Gasteiger partial charge in [0.2, 0.25) is 5.91 Å². The molecule has 1 fully saturated rings. The van der Waals surface area contributed by atoms with Crippen molar-refractivity contribution in [3.63, 3.8) is 0 Å². The first kappa shape index (κ1) is 19.2. The third kappa shape index (κ3) is 3.75. The number of aromatic amines is 1. The summed E-state index contributed by atoms with van der Waals surface area (Å²) >= 11 is 0. The second-order valence-corrected chi connectivity index (χ2v) is 7.10. The van der Waals surface area contributed by atoms with Crippen LogP contribution in [0, 0.1) is 18.6 Å². The van der Waals surface area contributed by atoms with Gasteiger partial charge in [0.1, 0.15) is 17.5 Å². The van der Waals surface area contributed by atoms with Gasteiger partial charge >= 0.3 is 0 Å². The van der Waals surface area contributed by atoms with Crippen LogP contribution in [-0.2, 0) is 14.9 Å². The molecule has 3 aromatic rings. The van der Waals surface area contributed by atoms with Gasteiger partial charge in [0.25, 0.3) is 0 Å². The van der Waals surface area contributed by atoms with E-state index in [0.717, 1.165) is 11.6 Å². The fourth-order valence-corrected chi connectivity index (χ4v) is 3.67. The molecule has 0 bridgehead atoms. The number of rotatable bonds is 4. The van der Waals surface area contributed by atoms with E-state index in [0.29, 0.717) is 43.4 Å². The number of anilines is 1. The number of hydrogen-bond donors (Lipinski definition) is 2. The normalized spacial score (nSPS) is 15.8. The standard InChI is InChI=1S/C21H20F2N4O2/c1-13-24-19(27-26-13)14-3-2-4-16(11-14)25-20(28)21(7-9-29-10-8-21)17-6-5-15(22)12-18(17)23/h2-6,11-12H,7-10H2,1H3,(H,25,28)(H,24,26,27). The second-order valence-electron chi connectivity index (χ2n) is 7.10. The quantitative estimate of drug-likeness (QED) is 0.702. The van der Waals surface area contributed by atoms with Crippen molar-refractivity contribution in [3.05, 3.63) is 65.5 Å². The zero-order valence-electron chi connectivity index (χ0n) is 15.8.